The molecule has 0 amide bonds. The molecule has 96 valence electrons. The monoisotopic (exact) mass is 273 g/mol. The van der Waals surface area contributed by atoms with E-state index in [1.54, 1.807) is 11.3 Å². The van der Waals surface area contributed by atoms with Gasteiger partial charge in [-0.25, -0.2) is 0 Å². The minimum absolute atomic E-state index is 0.736. The zero-order chi connectivity index (χ0) is 11.9. The molecule has 6 heteroatoms. The summed E-state index contributed by atoms with van der Waals surface area (Å²) in [5, 5.41) is 14.4. The summed E-state index contributed by atoms with van der Waals surface area (Å²) in [6.07, 6.45) is 3.46. The van der Waals surface area contributed by atoms with Gasteiger partial charge in [0.05, 0.1) is 0 Å². The fourth-order valence-electron chi connectivity index (χ4n) is 1.65. The fraction of sp³-hybridized carbons (Fsp3) is 0.818. The SMILES string of the molecule is CCCNc1nnc(CSC2CCOCC2)s1. The van der Waals surface area contributed by atoms with Crippen molar-refractivity contribution in [3.8, 4) is 0 Å². The highest BCUT2D eigenvalue weighted by molar-refractivity contribution is 7.99. The molecule has 0 saturated carbocycles. The third-order valence-corrected chi connectivity index (χ3v) is 5.05. The number of ether oxygens (including phenoxy) is 1. The van der Waals surface area contributed by atoms with Gasteiger partial charge < -0.3 is 10.1 Å². The molecule has 0 atom stereocenters. The Morgan fingerprint density at radius 2 is 2.24 bits per heavy atom. The molecule has 2 heterocycles. The number of thioether (sulfide) groups is 1. The molecule has 0 bridgehead atoms. The highest BCUT2D eigenvalue weighted by Crippen LogP contribution is 2.27. The maximum Gasteiger partial charge on any atom is 0.205 e. The molecule has 0 aliphatic carbocycles. The fourth-order valence-corrected chi connectivity index (χ4v) is 3.61. The van der Waals surface area contributed by atoms with Crippen LogP contribution in [0, 0.1) is 0 Å². The molecular formula is C11H19N3OS2. The van der Waals surface area contributed by atoms with Gasteiger partial charge in [-0.05, 0) is 19.3 Å². The van der Waals surface area contributed by atoms with Gasteiger partial charge in [0, 0.05) is 30.8 Å². The average molecular weight is 273 g/mol. The molecule has 0 spiro atoms. The molecule has 1 aliphatic heterocycles. The van der Waals surface area contributed by atoms with E-state index in [4.69, 9.17) is 4.74 Å². The van der Waals surface area contributed by atoms with Crippen molar-refractivity contribution in [3.05, 3.63) is 5.01 Å². The lowest BCUT2D eigenvalue weighted by Gasteiger charge is -2.20. The van der Waals surface area contributed by atoms with E-state index in [1.807, 2.05) is 11.8 Å². The molecule has 1 aromatic heterocycles. The van der Waals surface area contributed by atoms with Crippen molar-refractivity contribution in [2.75, 3.05) is 25.1 Å². The van der Waals surface area contributed by atoms with Crippen LogP contribution in [0.5, 0.6) is 0 Å². The Morgan fingerprint density at radius 3 is 3.00 bits per heavy atom. The standard InChI is InChI=1S/C11H19N3OS2/c1-2-5-12-11-14-13-10(17-11)8-16-9-3-6-15-7-4-9/h9H,2-8H2,1H3,(H,12,14). The first-order valence-corrected chi connectivity index (χ1v) is 8.00. The lowest BCUT2D eigenvalue weighted by atomic mass is 10.2. The van der Waals surface area contributed by atoms with E-state index in [9.17, 15) is 0 Å². The molecule has 1 N–H and O–H groups in total. The Bertz CT molecular complexity index is 326. The van der Waals surface area contributed by atoms with Gasteiger partial charge in [0.15, 0.2) is 0 Å². The average Bonchev–Trinajstić information content (AvgIpc) is 2.83. The number of hydrogen-bond acceptors (Lipinski definition) is 6. The summed E-state index contributed by atoms with van der Waals surface area (Å²) in [5.74, 6) is 0.982. The van der Waals surface area contributed by atoms with Crippen LogP contribution in [0.4, 0.5) is 5.13 Å². The first kappa shape index (κ1) is 13.1. The number of nitrogens with zero attached hydrogens (tertiary/aromatic N) is 2. The number of nitrogens with one attached hydrogen (secondary N) is 1. The molecule has 1 aliphatic rings. The second-order valence-corrected chi connectivity index (χ2v) is 6.40. The molecule has 1 fully saturated rings. The van der Waals surface area contributed by atoms with Crippen LogP contribution >= 0.6 is 23.1 Å². The van der Waals surface area contributed by atoms with E-state index in [2.05, 4.69) is 22.4 Å². The molecular weight excluding hydrogens is 254 g/mol. The van der Waals surface area contributed by atoms with Crippen molar-refractivity contribution in [1.29, 1.82) is 0 Å². The lowest BCUT2D eigenvalue weighted by Crippen LogP contribution is -2.17. The second-order valence-electron chi connectivity index (χ2n) is 4.05. The number of rotatable bonds is 6. The van der Waals surface area contributed by atoms with E-state index in [-0.39, 0.29) is 0 Å². The molecule has 0 unspecified atom stereocenters. The van der Waals surface area contributed by atoms with Crippen molar-refractivity contribution in [2.24, 2.45) is 0 Å². The van der Waals surface area contributed by atoms with Crippen LogP contribution in [-0.4, -0.2) is 35.2 Å². The maximum absolute atomic E-state index is 5.35. The van der Waals surface area contributed by atoms with E-state index < -0.39 is 0 Å². The summed E-state index contributed by atoms with van der Waals surface area (Å²) in [7, 11) is 0. The third-order valence-electron chi connectivity index (χ3n) is 2.60. The van der Waals surface area contributed by atoms with Crippen molar-refractivity contribution >= 4 is 28.2 Å². The highest BCUT2D eigenvalue weighted by Gasteiger charge is 2.15. The Morgan fingerprint density at radius 1 is 1.41 bits per heavy atom. The number of anilines is 1. The smallest absolute Gasteiger partial charge is 0.205 e. The Kier molecular flexibility index (Phi) is 5.54. The molecule has 17 heavy (non-hydrogen) atoms. The quantitative estimate of drug-likeness (QED) is 0.863. The summed E-state index contributed by atoms with van der Waals surface area (Å²) in [6, 6.07) is 0. The Hall–Kier alpha value is -0.330. The van der Waals surface area contributed by atoms with E-state index in [0.717, 1.165) is 47.3 Å². The molecule has 0 aromatic carbocycles. The summed E-state index contributed by atoms with van der Waals surface area (Å²) in [5.41, 5.74) is 0. The van der Waals surface area contributed by atoms with Gasteiger partial charge in [0.2, 0.25) is 5.13 Å². The predicted octanol–water partition coefficient (Wildman–Crippen LogP) is 2.77. The summed E-state index contributed by atoms with van der Waals surface area (Å²) < 4.78 is 5.35. The molecule has 4 nitrogen and oxygen atoms in total. The summed E-state index contributed by atoms with van der Waals surface area (Å²) >= 11 is 3.66. The zero-order valence-corrected chi connectivity index (χ0v) is 11.8. The van der Waals surface area contributed by atoms with Crippen LogP contribution in [0.3, 0.4) is 0 Å². The van der Waals surface area contributed by atoms with Crippen molar-refractivity contribution in [1.82, 2.24) is 10.2 Å². The largest absolute Gasteiger partial charge is 0.381 e. The Balaban J connectivity index is 1.72. The van der Waals surface area contributed by atoms with E-state index >= 15 is 0 Å². The van der Waals surface area contributed by atoms with Crippen molar-refractivity contribution in [2.45, 2.75) is 37.2 Å². The second kappa shape index (κ2) is 7.18. The van der Waals surface area contributed by atoms with Crippen molar-refractivity contribution in [3.63, 3.8) is 0 Å². The van der Waals surface area contributed by atoms with Crippen LogP contribution in [0.1, 0.15) is 31.2 Å². The minimum Gasteiger partial charge on any atom is -0.381 e. The normalized spacial score (nSPS) is 17.2. The first-order valence-electron chi connectivity index (χ1n) is 6.14. The molecule has 1 saturated heterocycles. The van der Waals surface area contributed by atoms with Gasteiger partial charge in [0.25, 0.3) is 0 Å². The van der Waals surface area contributed by atoms with E-state index in [1.165, 1.54) is 12.8 Å². The minimum atomic E-state index is 0.736. The van der Waals surface area contributed by atoms with E-state index in [0.29, 0.717) is 0 Å². The lowest BCUT2D eigenvalue weighted by molar-refractivity contribution is 0.1000. The van der Waals surface area contributed by atoms with Gasteiger partial charge in [-0.1, -0.05) is 18.3 Å². The molecule has 2 rings (SSSR count). The zero-order valence-electron chi connectivity index (χ0n) is 10.1. The highest BCUT2D eigenvalue weighted by atomic mass is 32.2. The van der Waals surface area contributed by atoms with Gasteiger partial charge in [-0.3, -0.25) is 0 Å². The number of hydrogen-bond donors (Lipinski definition) is 1. The van der Waals surface area contributed by atoms with Crippen molar-refractivity contribution < 1.29 is 4.74 Å². The van der Waals surface area contributed by atoms with Gasteiger partial charge >= 0.3 is 0 Å². The number of aromatic nitrogens is 2. The van der Waals surface area contributed by atoms with Crippen LogP contribution in [-0.2, 0) is 10.5 Å². The first-order chi connectivity index (χ1) is 8.38. The summed E-state index contributed by atoms with van der Waals surface area (Å²) in [6.45, 7) is 4.95. The third kappa shape index (κ3) is 4.44. The van der Waals surface area contributed by atoms with Crippen LogP contribution in [0.2, 0.25) is 0 Å². The van der Waals surface area contributed by atoms with Gasteiger partial charge in [-0.2, -0.15) is 11.8 Å². The van der Waals surface area contributed by atoms with Crippen LogP contribution in [0.15, 0.2) is 0 Å². The van der Waals surface area contributed by atoms with Gasteiger partial charge in [0.1, 0.15) is 5.01 Å². The predicted molar refractivity (Wildman–Crippen MR) is 73.8 cm³/mol. The Labute approximate surface area is 111 Å². The molecule has 0 radical (unpaired) electrons. The topological polar surface area (TPSA) is 47.0 Å². The van der Waals surface area contributed by atoms with Crippen LogP contribution in [0.25, 0.3) is 0 Å². The molecule has 1 aromatic rings. The summed E-state index contributed by atoms with van der Waals surface area (Å²) in [4.78, 5) is 0. The maximum atomic E-state index is 5.35. The van der Waals surface area contributed by atoms with Gasteiger partial charge in [-0.15, -0.1) is 10.2 Å². The van der Waals surface area contributed by atoms with Crippen LogP contribution < -0.4 is 5.32 Å².